The van der Waals surface area contributed by atoms with E-state index in [1.54, 1.807) is 0 Å². The molecule has 0 unspecified atom stereocenters. The van der Waals surface area contributed by atoms with Crippen molar-refractivity contribution in [1.82, 2.24) is 0 Å². The molecule has 0 fully saturated rings. The second-order valence-electron chi connectivity index (χ2n) is 3.23. The van der Waals surface area contributed by atoms with E-state index in [0.717, 1.165) is 0 Å². The number of hydrogen-bond donors (Lipinski definition) is 0. The van der Waals surface area contributed by atoms with Crippen LogP contribution in [0.1, 0.15) is 0 Å². The van der Waals surface area contributed by atoms with Crippen molar-refractivity contribution in [2.45, 2.75) is 0 Å². The van der Waals surface area contributed by atoms with Crippen molar-refractivity contribution >= 4 is 48.9 Å². The molecule has 0 heterocycles. The van der Waals surface area contributed by atoms with Gasteiger partial charge in [-0.25, -0.2) is 0 Å². The van der Waals surface area contributed by atoms with Gasteiger partial charge in [-0.05, 0) is 0 Å². The molecular weight excluding hydrogens is 393 g/mol. The van der Waals surface area contributed by atoms with Crippen molar-refractivity contribution in [3.8, 4) is 0 Å². The summed E-state index contributed by atoms with van der Waals surface area (Å²) in [6, 6.07) is 37.5. The van der Waals surface area contributed by atoms with Crippen molar-refractivity contribution in [3.63, 3.8) is 0 Å². The third-order valence-electron chi connectivity index (χ3n) is 1.82. The molecule has 0 N–H and O–H groups in total. The Hall–Kier alpha value is 0.868. The van der Waals surface area contributed by atoms with Gasteiger partial charge in [0.2, 0.25) is 0 Å². The van der Waals surface area contributed by atoms with Crippen LogP contribution in [0.4, 0.5) is 0 Å². The van der Waals surface area contributed by atoms with E-state index in [2.05, 4.69) is 18.2 Å². The van der Waals surface area contributed by atoms with Crippen LogP contribution >= 0.6 is 0 Å². The largest absolute Gasteiger partial charge is 2.00 e. The Morgan fingerprint density at radius 1 is 0.350 bits per heavy atom. The smallest absolute Gasteiger partial charge is 0.184 e. The van der Waals surface area contributed by atoms with Crippen molar-refractivity contribution in [3.05, 3.63) is 109 Å². The Bertz CT molecular complexity index is 302. The minimum Gasteiger partial charge on any atom is -0.184 e. The SMILES string of the molecule is [Ba+2].[K+].[c-]1ccccc1.[c-]1ccccc1.[c-]1ccccc1. The Morgan fingerprint density at radius 3 is 0.600 bits per heavy atom. The Balaban J connectivity index is 0. The number of hydrogen-bond acceptors (Lipinski definition) is 0. The van der Waals surface area contributed by atoms with Gasteiger partial charge in [0.25, 0.3) is 0 Å². The molecule has 0 aromatic heterocycles. The fraction of sp³-hybridized carbons (Fsp3) is 0. The van der Waals surface area contributed by atoms with Gasteiger partial charge < -0.3 is 0 Å². The normalized spacial score (nSPS) is 7.20. The summed E-state index contributed by atoms with van der Waals surface area (Å²) < 4.78 is 0. The second kappa shape index (κ2) is 19.9. The quantitative estimate of drug-likeness (QED) is 0.386. The molecular formula is C18H15BaK. The van der Waals surface area contributed by atoms with Crippen LogP contribution < -0.4 is 51.4 Å². The fourth-order valence-corrected chi connectivity index (χ4v) is 1.03. The first-order chi connectivity index (χ1) is 9.00. The van der Waals surface area contributed by atoms with Gasteiger partial charge in [-0.1, -0.05) is 0 Å². The zero-order valence-corrected chi connectivity index (χ0v) is 19.4. The summed E-state index contributed by atoms with van der Waals surface area (Å²) in [7, 11) is 0. The van der Waals surface area contributed by atoms with Gasteiger partial charge >= 0.3 is 100 Å². The summed E-state index contributed by atoms with van der Waals surface area (Å²) in [5.74, 6) is 0. The van der Waals surface area contributed by atoms with Gasteiger partial charge in [0, 0.05) is 0 Å². The van der Waals surface area contributed by atoms with Crippen LogP contribution in [0.15, 0.2) is 91.0 Å². The van der Waals surface area contributed by atoms with Gasteiger partial charge in [-0.2, -0.15) is 109 Å². The first kappa shape index (κ1) is 23.1. The maximum absolute atomic E-state index is 2.89. The van der Waals surface area contributed by atoms with Gasteiger partial charge in [0.15, 0.2) is 0 Å². The summed E-state index contributed by atoms with van der Waals surface area (Å²) in [6.45, 7) is 0. The van der Waals surface area contributed by atoms with Gasteiger partial charge in [0.1, 0.15) is 0 Å². The van der Waals surface area contributed by atoms with E-state index in [-0.39, 0.29) is 100 Å². The molecule has 0 aliphatic rings. The van der Waals surface area contributed by atoms with Crippen molar-refractivity contribution < 1.29 is 51.4 Å². The zero-order chi connectivity index (χ0) is 12.7. The minimum absolute atomic E-state index is 0. The Labute approximate surface area is 205 Å². The average molecular weight is 408 g/mol. The molecule has 0 aliphatic carbocycles. The maximum atomic E-state index is 2.89. The first-order valence-electron chi connectivity index (χ1n) is 5.73. The molecule has 90 valence electrons. The molecule has 0 radical (unpaired) electrons. The van der Waals surface area contributed by atoms with Crippen LogP contribution in [0, 0.1) is 18.2 Å². The van der Waals surface area contributed by atoms with Gasteiger partial charge in [-0.15, -0.1) is 0 Å². The van der Waals surface area contributed by atoms with Crippen LogP contribution in [0.25, 0.3) is 0 Å². The summed E-state index contributed by atoms with van der Waals surface area (Å²) in [5.41, 5.74) is 0. The third kappa shape index (κ3) is 16.9. The van der Waals surface area contributed by atoms with Gasteiger partial charge in [-0.3, -0.25) is 0 Å². The molecule has 0 amide bonds. The van der Waals surface area contributed by atoms with E-state index >= 15 is 0 Å². The van der Waals surface area contributed by atoms with Crippen LogP contribution in [0.2, 0.25) is 0 Å². The summed E-state index contributed by atoms with van der Waals surface area (Å²) in [5, 5.41) is 0. The molecule has 20 heavy (non-hydrogen) atoms. The van der Waals surface area contributed by atoms with E-state index < -0.39 is 0 Å². The van der Waals surface area contributed by atoms with Crippen LogP contribution in [-0.4, -0.2) is 48.9 Å². The minimum atomic E-state index is 0. The van der Waals surface area contributed by atoms with Gasteiger partial charge in [0.05, 0.1) is 0 Å². The molecule has 0 nitrogen and oxygen atoms in total. The van der Waals surface area contributed by atoms with E-state index in [9.17, 15) is 0 Å². The molecule has 0 saturated heterocycles. The summed E-state index contributed by atoms with van der Waals surface area (Å²) >= 11 is 0. The first-order valence-corrected chi connectivity index (χ1v) is 5.73. The molecule has 0 aliphatic heterocycles. The summed E-state index contributed by atoms with van der Waals surface area (Å²) in [4.78, 5) is 0. The van der Waals surface area contributed by atoms with Crippen LogP contribution in [0.5, 0.6) is 0 Å². The average Bonchev–Trinajstić information content (AvgIpc) is 2.54. The molecule has 0 spiro atoms. The standard InChI is InChI=1S/3C6H5.Ba.K/c3*1-2-4-6-5-3-1;;/h3*1-5H;;/q3*-1;+2;+1. The Morgan fingerprint density at radius 2 is 0.550 bits per heavy atom. The molecule has 0 bridgehead atoms. The zero-order valence-electron chi connectivity index (χ0n) is 11.9. The maximum Gasteiger partial charge on any atom is 2.00 e. The fourth-order valence-electron chi connectivity index (χ4n) is 1.03. The van der Waals surface area contributed by atoms with Crippen molar-refractivity contribution in [1.29, 1.82) is 0 Å². The molecule has 3 rings (SSSR count). The number of rotatable bonds is 0. The van der Waals surface area contributed by atoms with Crippen LogP contribution in [-0.2, 0) is 0 Å². The van der Waals surface area contributed by atoms with E-state index in [0.29, 0.717) is 0 Å². The molecule has 2 heteroatoms. The Kier molecular flexibility index (Phi) is 23.0. The topological polar surface area (TPSA) is 0 Å². The predicted octanol–water partition coefficient (Wildman–Crippen LogP) is 1.08. The molecule has 0 atom stereocenters. The molecule has 3 aromatic carbocycles. The van der Waals surface area contributed by atoms with Crippen molar-refractivity contribution in [2.24, 2.45) is 0 Å². The monoisotopic (exact) mass is 408 g/mol. The molecule has 3 aromatic rings. The number of benzene rings is 3. The van der Waals surface area contributed by atoms with E-state index in [1.807, 2.05) is 91.0 Å². The predicted molar refractivity (Wildman–Crippen MR) is 81.6 cm³/mol. The van der Waals surface area contributed by atoms with Crippen LogP contribution in [0.3, 0.4) is 0 Å². The van der Waals surface area contributed by atoms with Crippen molar-refractivity contribution in [2.75, 3.05) is 0 Å². The summed E-state index contributed by atoms with van der Waals surface area (Å²) in [6.07, 6.45) is 0. The van der Waals surface area contributed by atoms with E-state index in [1.165, 1.54) is 0 Å². The molecule has 0 saturated carbocycles. The third-order valence-corrected chi connectivity index (χ3v) is 1.82. The van der Waals surface area contributed by atoms with E-state index in [4.69, 9.17) is 0 Å². The second-order valence-corrected chi connectivity index (χ2v) is 3.23.